The van der Waals surface area contributed by atoms with Gasteiger partial charge in [-0.15, -0.1) is 0 Å². The summed E-state index contributed by atoms with van der Waals surface area (Å²) in [5, 5.41) is 11.9. The molecule has 0 N–H and O–H groups in total. The Kier molecular flexibility index (Phi) is 6.51. The molecule has 0 aliphatic heterocycles. The van der Waals surface area contributed by atoms with E-state index in [2.05, 4.69) is 51.8 Å². The maximum absolute atomic E-state index is 12.7. The molecule has 0 spiro atoms. The standard InChI is InChI=1S/C23H24I2O7/c1-12(2)19(26)31-18-15(4-16(24)5-17(18)25)10-30-21(29)32-23-8-13-3-14(9-23)7-22(6-13,11-23)20(27)28/h4-5,13-14H,1,3,6-11H2,2H3,(H,27,28)/p-1. The zero-order valence-corrected chi connectivity index (χ0v) is 21.9. The van der Waals surface area contributed by atoms with Gasteiger partial charge in [-0.05, 0) is 115 Å². The molecule has 0 saturated heterocycles. The summed E-state index contributed by atoms with van der Waals surface area (Å²) in [6.45, 7) is 5.01. The smallest absolute Gasteiger partial charge is 0.509 e. The second kappa shape index (κ2) is 8.77. The number of hydrogen-bond donors (Lipinski definition) is 0. The van der Waals surface area contributed by atoms with Crippen LogP contribution in [0.5, 0.6) is 5.75 Å². The fourth-order valence-electron chi connectivity index (χ4n) is 5.89. The van der Waals surface area contributed by atoms with E-state index in [0.717, 1.165) is 9.99 Å². The summed E-state index contributed by atoms with van der Waals surface area (Å²) >= 11 is 4.19. The van der Waals surface area contributed by atoms with E-state index in [-0.39, 0.29) is 30.4 Å². The first-order valence-electron chi connectivity index (χ1n) is 10.4. The van der Waals surface area contributed by atoms with E-state index in [4.69, 9.17) is 14.2 Å². The Morgan fingerprint density at radius 2 is 1.81 bits per heavy atom. The zero-order chi connectivity index (χ0) is 23.3. The van der Waals surface area contributed by atoms with Crippen LogP contribution in [0, 0.1) is 24.4 Å². The second-order valence-corrected chi connectivity index (χ2v) is 11.8. The highest BCUT2D eigenvalue weighted by molar-refractivity contribution is 14.1. The molecule has 32 heavy (non-hydrogen) atoms. The lowest BCUT2D eigenvalue weighted by atomic mass is 9.48. The molecule has 0 aromatic heterocycles. The SMILES string of the molecule is C=C(C)C(=O)Oc1c(I)cc(I)cc1COC(=O)OC12CC3CC(C1)CC(C(=O)[O-])(C3)C2. The predicted molar refractivity (Wildman–Crippen MR) is 128 cm³/mol. The highest BCUT2D eigenvalue weighted by Crippen LogP contribution is 2.62. The number of benzene rings is 1. The van der Waals surface area contributed by atoms with Gasteiger partial charge in [0.05, 0.1) is 3.57 Å². The van der Waals surface area contributed by atoms with Crippen LogP contribution in [0.4, 0.5) is 4.79 Å². The molecule has 4 bridgehead atoms. The van der Waals surface area contributed by atoms with Gasteiger partial charge in [0.1, 0.15) is 12.2 Å². The van der Waals surface area contributed by atoms with Crippen LogP contribution < -0.4 is 9.84 Å². The topological polar surface area (TPSA) is 102 Å². The van der Waals surface area contributed by atoms with Crippen LogP contribution in [0.2, 0.25) is 0 Å². The van der Waals surface area contributed by atoms with E-state index in [1.807, 2.05) is 6.07 Å². The first-order valence-corrected chi connectivity index (χ1v) is 12.6. The first-order chi connectivity index (χ1) is 15.0. The molecule has 4 saturated carbocycles. The zero-order valence-electron chi connectivity index (χ0n) is 17.6. The van der Waals surface area contributed by atoms with Crippen LogP contribution in [0.3, 0.4) is 0 Å². The maximum Gasteiger partial charge on any atom is 0.509 e. The van der Waals surface area contributed by atoms with Crippen molar-refractivity contribution in [2.24, 2.45) is 17.3 Å². The molecule has 172 valence electrons. The van der Waals surface area contributed by atoms with Crippen molar-refractivity contribution < 1.29 is 33.7 Å². The quantitative estimate of drug-likeness (QED) is 0.195. The number of carbonyl (C=O) groups excluding carboxylic acids is 3. The number of aliphatic carboxylic acids is 1. The first kappa shape index (κ1) is 23.8. The Hall–Kier alpha value is -1.37. The van der Waals surface area contributed by atoms with Gasteiger partial charge in [-0.3, -0.25) is 0 Å². The highest BCUT2D eigenvalue weighted by atomic mass is 127. The third-order valence-electron chi connectivity index (χ3n) is 6.71. The van der Waals surface area contributed by atoms with Crippen molar-refractivity contribution in [2.45, 2.75) is 57.7 Å². The molecule has 0 radical (unpaired) electrons. The number of carbonyl (C=O) groups is 3. The van der Waals surface area contributed by atoms with E-state index in [1.54, 1.807) is 13.0 Å². The molecule has 4 aliphatic carbocycles. The van der Waals surface area contributed by atoms with Crippen molar-refractivity contribution in [1.82, 2.24) is 0 Å². The van der Waals surface area contributed by atoms with Crippen LogP contribution in [-0.4, -0.2) is 23.7 Å². The lowest BCUT2D eigenvalue weighted by Gasteiger charge is -2.61. The van der Waals surface area contributed by atoms with Gasteiger partial charge >= 0.3 is 12.1 Å². The predicted octanol–water partition coefficient (Wildman–Crippen LogP) is 4.12. The maximum atomic E-state index is 12.7. The van der Waals surface area contributed by atoms with E-state index in [9.17, 15) is 19.5 Å². The number of ether oxygens (including phenoxy) is 3. The van der Waals surface area contributed by atoms with E-state index in [1.165, 1.54) is 0 Å². The van der Waals surface area contributed by atoms with Crippen molar-refractivity contribution >= 4 is 63.3 Å². The lowest BCUT2D eigenvalue weighted by Crippen LogP contribution is -2.62. The summed E-state index contributed by atoms with van der Waals surface area (Å²) in [5.74, 6) is -0.822. The number of carboxylic acid groups (broad SMARTS) is 1. The fraction of sp³-hybridized carbons (Fsp3) is 0.522. The molecule has 9 heteroatoms. The third-order valence-corrected chi connectivity index (χ3v) is 8.14. The largest absolute Gasteiger partial charge is 0.550 e. The van der Waals surface area contributed by atoms with Crippen LogP contribution in [0.15, 0.2) is 24.3 Å². The Labute approximate surface area is 213 Å². The van der Waals surface area contributed by atoms with Crippen molar-refractivity contribution in [1.29, 1.82) is 0 Å². The van der Waals surface area contributed by atoms with Crippen molar-refractivity contribution in [3.05, 3.63) is 37.0 Å². The summed E-state index contributed by atoms with van der Waals surface area (Å²) in [7, 11) is 0. The number of carboxylic acids is 1. The van der Waals surface area contributed by atoms with Gasteiger partial charge in [-0.25, -0.2) is 9.59 Å². The Morgan fingerprint density at radius 1 is 1.16 bits per heavy atom. The minimum atomic E-state index is -1.04. The van der Waals surface area contributed by atoms with E-state index in [0.29, 0.717) is 40.6 Å². The van der Waals surface area contributed by atoms with Crippen LogP contribution in [0.25, 0.3) is 0 Å². The average Bonchev–Trinajstić information content (AvgIpc) is 2.66. The number of hydrogen-bond acceptors (Lipinski definition) is 7. The summed E-state index contributed by atoms with van der Waals surface area (Å²) < 4.78 is 18.2. The molecule has 4 aliphatic rings. The van der Waals surface area contributed by atoms with Gasteiger partial charge in [0.25, 0.3) is 0 Å². The Balaban J connectivity index is 1.46. The molecular weight excluding hydrogens is 642 g/mol. The van der Waals surface area contributed by atoms with Gasteiger partial charge in [0.15, 0.2) is 5.75 Å². The summed E-state index contributed by atoms with van der Waals surface area (Å²) in [5.41, 5.74) is -0.922. The number of halogens is 2. The molecular formula is C23H23I2O7-. The molecule has 7 nitrogen and oxygen atoms in total. The average molecular weight is 665 g/mol. The molecule has 1 aromatic rings. The van der Waals surface area contributed by atoms with Crippen LogP contribution >= 0.6 is 45.2 Å². The monoisotopic (exact) mass is 665 g/mol. The fourth-order valence-corrected chi connectivity index (χ4v) is 7.97. The van der Waals surface area contributed by atoms with Gasteiger partial charge in [0.2, 0.25) is 0 Å². The molecule has 4 fully saturated rings. The van der Waals surface area contributed by atoms with Crippen molar-refractivity contribution in [2.75, 3.05) is 0 Å². The molecule has 1 aromatic carbocycles. The summed E-state index contributed by atoms with van der Waals surface area (Å²) in [6, 6.07) is 3.62. The van der Waals surface area contributed by atoms with Crippen molar-refractivity contribution in [3.8, 4) is 5.75 Å². The van der Waals surface area contributed by atoms with Gasteiger partial charge in [0, 0.05) is 26.1 Å². The summed E-state index contributed by atoms with van der Waals surface area (Å²) in [6.07, 6.45) is 2.95. The Bertz CT molecular complexity index is 988. The normalized spacial score (nSPS) is 30.0. The second-order valence-electron chi connectivity index (χ2n) is 9.40. The molecule has 0 heterocycles. The van der Waals surface area contributed by atoms with E-state index >= 15 is 0 Å². The van der Waals surface area contributed by atoms with Gasteiger partial charge in [-0.1, -0.05) is 6.58 Å². The lowest BCUT2D eigenvalue weighted by molar-refractivity contribution is -0.331. The number of rotatable bonds is 6. The molecule has 5 rings (SSSR count). The molecule has 2 atom stereocenters. The molecule has 0 amide bonds. The van der Waals surface area contributed by atoms with Gasteiger partial charge < -0.3 is 24.1 Å². The highest BCUT2D eigenvalue weighted by Gasteiger charge is 2.60. The summed E-state index contributed by atoms with van der Waals surface area (Å²) in [4.78, 5) is 36.6. The van der Waals surface area contributed by atoms with E-state index < -0.39 is 29.1 Å². The van der Waals surface area contributed by atoms with Crippen LogP contribution in [-0.2, 0) is 25.7 Å². The minimum Gasteiger partial charge on any atom is -0.550 e. The third kappa shape index (κ3) is 4.64. The molecule has 2 unspecified atom stereocenters. The Morgan fingerprint density at radius 3 is 2.41 bits per heavy atom. The van der Waals surface area contributed by atoms with Crippen molar-refractivity contribution in [3.63, 3.8) is 0 Å². The van der Waals surface area contributed by atoms with Gasteiger partial charge in [-0.2, -0.15) is 0 Å². The minimum absolute atomic E-state index is 0.140. The van der Waals surface area contributed by atoms with Crippen LogP contribution in [0.1, 0.15) is 51.0 Å². The number of esters is 1.